The molecule has 1 aromatic carbocycles. The highest BCUT2D eigenvalue weighted by Gasteiger charge is 2.28. The number of rotatable bonds is 9. The Morgan fingerprint density at radius 1 is 1.25 bits per heavy atom. The van der Waals surface area contributed by atoms with E-state index in [1.165, 1.54) is 18.3 Å². The SMILES string of the molecule is CN(C)Cc1c(-c2ccc([N+](=O)[O-])cc2)sc(OC(N)=O)c1C(=O)Nc1ccc(OC2COC2)nc1. The molecular weight excluding hydrogens is 490 g/mol. The number of nitrogens with two attached hydrogens (primary N) is 1. The number of nitro benzene ring substituents is 1. The molecule has 3 N–H and O–H groups in total. The van der Waals surface area contributed by atoms with Crippen molar-refractivity contribution in [3.63, 3.8) is 0 Å². The lowest BCUT2D eigenvalue weighted by Crippen LogP contribution is -2.38. The number of non-ortho nitro benzene ring substituents is 1. The van der Waals surface area contributed by atoms with E-state index < -0.39 is 16.9 Å². The normalized spacial score (nSPS) is 13.2. The van der Waals surface area contributed by atoms with Gasteiger partial charge in [0, 0.05) is 35.2 Å². The van der Waals surface area contributed by atoms with Crippen molar-refractivity contribution >= 4 is 34.7 Å². The molecule has 0 saturated carbocycles. The van der Waals surface area contributed by atoms with Crippen LogP contribution in [0.3, 0.4) is 0 Å². The minimum atomic E-state index is -1.07. The number of primary amides is 1. The summed E-state index contributed by atoms with van der Waals surface area (Å²) >= 11 is 1.05. The van der Waals surface area contributed by atoms with Gasteiger partial charge in [0.25, 0.3) is 11.6 Å². The number of carbonyl (C=O) groups is 2. The number of hydrogen-bond donors (Lipinski definition) is 2. The summed E-state index contributed by atoms with van der Waals surface area (Å²) in [6.45, 7) is 1.33. The number of ether oxygens (including phenoxy) is 3. The number of aromatic nitrogens is 1. The molecule has 3 aromatic rings. The first-order valence-corrected chi connectivity index (χ1v) is 11.6. The molecule has 0 radical (unpaired) electrons. The number of thiophene rings is 1. The maximum absolute atomic E-state index is 13.4. The van der Waals surface area contributed by atoms with Crippen LogP contribution in [0.4, 0.5) is 16.2 Å². The van der Waals surface area contributed by atoms with Crippen LogP contribution in [0.25, 0.3) is 10.4 Å². The molecule has 0 spiro atoms. The number of amides is 2. The fourth-order valence-corrected chi connectivity index (χ4v) is 4.61. The number of nitrogens with one attached hydrogen (secondary N) is 1. The molecule has 2 aromatic heterocycles. The summed E-state index contributed by atoms with van der Waals surface area (Å²) in [4.78, 5) is 42.2. The third kappa shape index (κ3) is 5.76. The number of pyridine rings is 1. The van der Waals surface area contributed by atoms with Crippen molar-refractivity contribution in [3.8, 4) is 21.4 Å². The quantitative estimate of drug-likeness (QED) is 0.323. The Morgan fingerprint density at radius 3 is 2.50 bits per heavy atom. The number of carbonyl (C=O) groups excluding carboxylic acids is 2. The molecule has 4 rings (SSSR count). The van der Waals surface area contributed by atoms with Crippen molar-refractivity contribution in [2.24, 2.45) is 5.73 Å². The number of benzene rings is 1. The van der Waals surface area contributed by atoms with Crippen LogP contribution >= 0.6 is 11.3 Å². The second-order valence-electron chi connectivity index (χ2n) is 8.15. The van der Waals surface area contributed by atoms with Crippen LogP contribution in [-0.4, -0.2) is 60.2 Å². The number of nitrogens with zero attached hydrogens (tertiary/aromatic N) is 3. The third-order valence-electron chi connectivity index (χ3n) is 5.10. The van der Waals surface area contributed by atoms with Gasteiger partial charge in [-0.1, -0.05) is 11.3 Å². The largest absolute Gasteiger partial charge is 0.469 e. The minimum Gasteiger partial charge on any atom is -0.469 e. The Morgan fingerprint density at radius 2 is 1.97 bits per heavy atom. The fraction of sp³-hybridized carbons (Fsp3) is 0.261. The van der Waals surface area contributed by atoms with Gasteiger partial charge >= 0.3 is 6.09 Å². The predicted molar refractivity (Wildman–Crippen MR) is 131 cm³/mol. The van der Waals surface area contributed by atoms with Crippen LogP contribution in [-0.2, 0) is 11.3 Å². The Balaban J connectivity index is 1.67. The molecule has 0 aliphatic carbocycles. The smallest absolute Gasteiger partial charge is 0.410 e. The number of nitro groups is 1. The number of hydrogen-bond acceptors (Lipinski definition) is 10. The second kappa shape index (κ2) is 10.7. The third-order valence-corrected chi connectivity index (χ3v) is 6.26. The average Bonchev–Trinajstić information content (AvgIpc) is 3.13. The molecule has 36 heavy (non-hydrogen) atoms. The van der Waals surface area contributed by atoms with Crippen LogP contribution in [0.1, 0.15) is 15.9 Å². The maximum atomic E-state index is 13.4. The van der Waals surface area contributed by atoms with Crippen LogP contribution < -0.4 is 20.5 Å². The van der Waals surface area contributed by atoms with Crippen molar-refractivity contribution < 1.29 is 28.7 Å². The highest BCUT2D eigenvalue weighted by Crippen LogP contribution is 2.43. The molecule has 3 heterocycles. The van der Waals surface area contributed by atoms with Crippen LogP contribution in [0, 0.1) is 10.1 Å². The first-order chi connectivity index (χ1) is 17.2. The Kier molecular flexibility index (Phi) is 7.43. The molecule has 1 saturated heterocycles. The van der Waals surface area contributed by atoms with Gasteiger partial charge in [0.05, 0.1) is 35.6 Å². The molecule has 1 fully saturated rings. The molecule has 1 aliphatic rings. The molecule has 2 amide bonds. The summed E-state index contributed by atoms with van der Waals surface area (Å²) in [6, 6.07) is 9.17. The lowest BCUT2D eigenvalue weighted by atomic mass is 10.0. The molecule has 0 atom stereocenters. The van der Waals surface area contributed by atoms with E-state index >= 15 is 0 Å². The first-order valence-electron chi connectivity index (χ1n) is 10.8. The number of anilines is 1. The Labute approximate surface area is 209 Å². The zero-order valence-electron chi connectivity index (χ0n) is 19.4. The van der Waals surface area contributed by atoms with E-state index in [9.17, 15) is 19.7 Å². The van der Waals surface area contributed by atoms with E-state index in [2.05, 4.69) is 10.3 Å². The van der Waals surface area contributed by atoms with E-state index in [1.807, 2.05) is 19.0 Å². The van der Waals surface area contributed by atoms with E-state index in [0.717, 1.165) is 11.3 Å². The lowest BCUT2D eigenvalue weighted by Gasteiger charge is -2.26. The van der Waals surface area contributed by atoms with Crippen LogP contribution in [0.5, 0.6) is 10.9 Å². The van der Waals surface area contributed by atoms with E-state index in [4.69, 9.17) is 19.9 Å². The molecule has 188 valence electrons. The van der Waals surface area contributed by atoms with Crippen molar-refractivity contribution in [2.75, 3.05) is 32.6 Å². The standard InChI is InChI=1S/C23H23N5O7S/c1-27(2)10-17-19(21(29)26-14-5-8-18(25-9-14)34-16-11-33-12-16)22(35-23(24)30)36-20(17)13-3-6-15(7-4-13)28(31)32/h3-9,16H,10-12H2,1-2H3,(H2,24,30)(H,26,29). The van der Waals surface area contributed by atoms with Gasteiger partial charge < -0.3 is 30.2 Å². The zero-order valence-corrected chi connectivity index (χ0v) is 20.2. The summed E-state index contributed by atoms with van der Waals surface area (Å²) in [5, 5.41) is 13.8. The Bertz CT molecular complexity index is 1270. The summed E-state index contributed by atoms with van der Waals surface area (Å²) in [5.41, 5.74) is 6.93. The zero-order chi connectivity index (χ0) is 25.8. The van der Waals surface area contributed by atoms with Crippen molar-refractivity contribution in [1.29, 1.82) is 0 Å². The summed E-state index contributed by atoms with van der Waals surface area (Å²) in [7, 11) is 3.65. The highest BCUT2D eigenvalue weighted by atomic mass is 32.1. The molecule has 12 nitrogen and oxygen atoms in total. The van der Waals surface area contributed by atoms with Crippen molar-refractivity contribution in [1.82, 2.24) is 9.88 Å². The van der Waals surface area contributed by atoms with Gasteiger partial charge in [-0.25, -0.2) is 9.78 Å². The summed E-state index contributed by atoms with van der Waals surface area (Å²) in [5.74, 6) is -0.126. The van der Waals surface area contributed by atoms with Crippen LogP contribution in [0.2, 0.25) is 0 Å². The van der Waals surface area contributed by atoms with Gasteiger partial charge in [-0.15, -0.1) is 0 Å². The van der Waals surface area contributed by atoms with Gasteiger partial charge in [-0.05, 0) is 37.9 Å². The van der Waals surface area contributed by atoms with E-state index in [1.54, 1.807) is 24.3 Å². The summed E-state index contributed by atoms with van der Waals surface area (Å²) in [6.07, 6.45) is 0.347. The minimum absolute atomic E-state index is 0.0168. The van der Waals surface area contributed by atoms with Gasteiger partial charge in [-0.3, -0.25) is 14.9 Å². The van der Waals surface area contributed by atoms with Gasteiger partial charge in [0.15, 0.2) is 5.06 Å². The molecule has 13 heteroatoms. The van der Waals surface area contributed by atoms with Gasteiger partial charge in [-0.2, -0.15) is 0 Å². The highest BCUT2D eigenvalue weighted by molar-refractivity contribution is 7.18. The molecule has 1 aliphatic heterocycles. The maximum Gasteiger partial charge on any atom is 0.410 e. The average molecular weight is 514 g/mol. The summed E-state index contributed by atoms with van der Waals surface area (Å²) < 4.78 is 15.9. The van der Waals surface area contributed by atoms with Crippen molar-refractivity contribution in [3.05, 3.63) is 63.8 Å². The van der Waals surface area contributed by atoms with E-state index in [-0.39, 0.29) is 22.4 Å². The lowest BCUT2D eigenvalue weighted by molar-refractivity contribution is -0.384. The van der Waals surface area contributed by atoms with Gasteiger partial charge in [0.1, 0.15) is 6.10 Å². The molecule has 0 unspecified atom stereocenters. The van der Waals surface area contributed by atoms with Gasteiger partial charge in [0.2, 0.25) is 5.88 Å². The van der Waals surface area contributed by atoms with Crippen molar-refractivity contribution in [2.45, 2.75) is 12.6 Å². The second-order valence-corrected chi connectivity index (χ2v) is 9.13. The molecule has 0 bridgehead atoms. The topological polar surface area (TPSA) is 159 Å². The fourth-order valence-electron chi connectivity index (χ4n) is 3.44. The van der Waals surface area contributed by atoms with E-state index in [0.29, 0.717) is 47.3 Å². The monoisotopic (exact) mass is 513 g/mol. The Hall–Kier alpha value is -4.07. The predicted octanol–water partition coefficient (Wildman–Crippen LogP) is 3.27. The molecular formula is C23H23N5O7S. The first kappa shape index (κ1) is 25.0. The van der Waals surface area contributed by atoms with Crippen LogP contribution in [0.15, 0.2) is 42.6 Å².